The number of amides is 1. The first kappa shape index (κ1) is 18.9. The molecule has 1 heterocycles. The summed E-state index contributed by atoms with van der Waals surface area (Å²) in [6.07, 6.45) is 1.51. The number of benzene rings is 2. The highest BCUT2D eigenvalue weighted by atomic mass is 35.5. The van der Waals surface area contributed by atoms with Crippen molar-refractivity contribution in [1.29, 1.82) is 0 Å². The molecule has 0 saturated carbocycles. The van der Waals surface area contributed by atoms with Gasteiger partial charge >= 0.3 is 0 Å². The lowest BCUT2D eigenvalue weighted by atomic mass is 10.1. The van der Waals surface area contributed by atoms with Gasteiger partial charge in [0, 0.05) is 16.7 Å². The molecule has 134 valence electrons. The van der Waals surface area contributed by atoms with Crippen LogP contribution in [0.2, 0.25) is 15.1 Å². The molecule has 1 aliphatic heterocycles. The molecule has 0 unspecified atom stereocenters. The number of carbonyl (C=O) groups excluding carboxylic acids is 1. The Balaban J connectivity index is 1.93. The van der Waals surface area contributed by atoms with Gasteiger partial charge in [0.1, 0.15) is 0 Å². The molecule has 2 aromatic carbocycles. The summed E-state index contributed by atoms with van der Waals surface area (Å²) in [5.74, 6) is -0.251. The SMILES string of the molecule is COc1cc(Cl)cc(/C=C2/SC(=Nc3cccc(Cl)c3Cl)NC2=O)c1O. The largest absolute Gasteiger partial charge is 0.504 e. The zero-order valence-electron chi connectivity index (χ0n) is 13.2. The van der Waals surface area contributed by atoms with Gasteiger partial charge in [-0.15, -0.1) is 0 Å². The van der Waals surface area contributed by atoms with E-state index in [2.05, 4.69) is 10.3 Å². The van der Waals surface area contributed by atoms with Crippen molar-refractivity contribution >= 4 is 69.4 Å². The Kier molecular flexibility index (Phi) is 5.67. The van der Waals surface area contributed by atoms with Crippen LogP contribution in [0, 0.1) is 0 Å². The summed E-state index contributed by atoms with van der Waals surface area (Å²) < 4.78 is 5.06. The van der Waals surface area contributed by atoms with E-state index in [9.17, 15) is 9.90 Å². The summed E-state index contributed by atoms with van der Waals surface area (Å²) in [6, 6.07) is 8.05. The number of thioether (sulfide) groups is 1. The lowest BCUT2D eigenvalue weighted by molar-refractivity contribution is -0.115. The predicted molar refractivity (Wildman–Crippen MR) is 107 cm³/mol. The Morgan fingerprint density at radius 2 is 2.04 bits per heavy atom. The van der Waals surface area contributed by atoms with E-state index in [-0.39, 0.29) is 17.4 Å². The Morgan fingerprint density at radius 3 is 2.77 bits per heavy atom. The highest BCUT2D eigenvalue weighted by Gasteiger charge is 2.25. The fourth-order valence-electron chi connectivity index (χ4n) is 2.17. The fraction of sp³-hybridized carbons (Fsp3) is 0.0588. The molecule has 0 aromatic heterocycles. The summed E-state index contributed by atoms with van der Waals surface area (Å²) in [5.41, 5.74) is 0.796. The third kappa shape index (κ3) is 3.94. The molecule has 5 nitrogen and oxygen atoms in total. The van der Waals surface area contributed by atoms with Gasteiger partial charge < -0.3 is 15.2 Å². The number of hydrogen-bond acceptors (Lipinski definition) is 5. The molecule has 26 heavy (non-hydrogen) atoms. The van der Waals surface area contributed by atoms with Crippen molar-refractivity contribution in [3.8, 4) is 11.5 Å². The van der Waals surface area contributed by atoms with Crippen LogP contribution in [0.5, 0.6) is 11.5 Å². The van der Waals surface area contributed by atoms with Gasteiger partial charge in [0.05, 0.1) is 27.7 Å². The molecule has 0 bridgehead atoms. The molecule has 2 aromatic rings. The number of carbonyl (C=O) groups is 1. The second-order valence-corrected chi connectivity index (χ2v) is 7.35. The van der Waals surface area contributed by atoms with E-state index in [1.165, 1.54) is 25.3 Å². The molecule has 1 amide bonds. The van der Waals surface area contributed by atoms with Gasteiger partial charge in [-0.2, -0.15) is 0 Å². The third-order valence-electron chi connectivity index (χ3n) is 3.38. The van der Waals surface area contributed by atoms with Crippen molar-refractivity contribution in [1.82, 2.24) is 5.32 Å². The molecule has 1 saturated heterocycles. The molecule has 0 spiro atoms. The molecule has 3 rings (SSSR count). The van der Waals surface area contributed by atoms with Crippen molar-refractivity contribution in [3.63, 3.8) is 0 Å². The quantitative estimate of drug-likeness (QED) is 0.654. The Bertz CT molecular complexity index is 961. The first-order valence-electron chi connectivity index (χ1n) is 7.19. The summed E-state index contributed by atoms with van der Waals surface area (Å²) in [5, 5.41) is 14.2. The summed E-state index contributed by atoms with van der Waals surface area (Å²) in [6.45, 7) is 0. The van der Waals surface area contributed by atoms with E-state index in [1.807, 2.05) is 0 Å². The Labute approximate surface area is 168 Å². The van der Waals surface area contributed by atoms with E-state index in [4.69, 9.17) is 39.5 Å². The Hall–Kier alpha value is -1.86. The third-order valence-corrected chi connectivity index (χ3v) is 5.32. The van der Waals surface area contributed by atoms with Gasteiger partial charge in [-0.3, -0.25) is 4.79 Å². The van der Waals surface area contributed by atoms with Crippen molar-refractivity contribution in [2.24, 2.45) is 4.99 Å². The zero-order valence-corrected chi connectivity index (χ0v) is 16.3. The average molecular weight is 430 g/mol. The fourth-order valence-corrected chi connectivity index (χ4v) is 3.55. The molecular formula is C17H11Cl3N2O3S. The van der Waals surface area contributed by atoms with Crippen molar-refractivity contribution in [3.05, 3.63) is 55.9 Å². The number of rotatable bonds is 3. The molecule has 2 N–H and O–H groups in total. The van der Waals surface area contributed by atoms with Gasteiger partial charge in [-0.1, -0.05) is 40.9 Å². The highest BCUT2D eigenvalue weighted by Crippen LogP contribution is 2.38. The van der Waals surface area contributed by atoms with E-state index >= 15 is 0 Å². The zero-order chi connectivity index (χ0) is 18.8. The Morgan fingerprint density at radius 1 is 1.27 bits per heavy atom. The second kappa shape index (κ2) is 7.80. The summed E-state index contributed by atoms with van der Waals surface area (Å²) in [7, 11) is 1.42. The monoisotopic (exact) mass is 428 g/mol. The van der Waals surface area contributed by atoms with Crippen LogP contribution < -0.4 is 10.1 Å². The molecule has 1 fully saturated rings. The average Bonchev–Trinajstić information content (AvgIpc) is 2.94. The summed E-state index contributed by atoms with van der Waals surface area (Å²) in [4.78, 5) is 16.8. The molecule has 9 heteroatoms. The predicted octanol–water partition coefficient (Wildman–Crippen LogP) is 5.25. The minimum atomic E-state index is -0.356. The summed E-state index contributed by atoms with van der Waals surface area (Å²) >= 11 is 19.2. The van der Waals surface area contributed by atoms with Gasteiger partial charge in [0.25, 0.3) is 5.91 Å². The minimum absolute atomic E-state index is 0.110. The maximum absolute atomic E-state index is 12.2. The number of aromatic hydroxyl groups is 1. The number of phenolic OH excluding ortho intramolecular Hbond substituents is 1. The van der Waals surface area contributed by atoms with Crippen LogP contribution >= 0.6 is 46.6 Å². The number of nitrogens with zero attached hydrogens (tertiary/aromatic N) is 1. The number of aliphatic imine (C=N–C) groups is 1. The number of amidine groups is 1. The second-order valence-electron chi connectivity index (χ2n) is 5.10. The molecule has 1 aliphatic rings. The number of methoxy groups -OCH3 is 1. The van der Waals surface area contributed by atoms with Gasteiger partial charge in [-0.25, -0.2) is 4.99 Å². The maximum Gasteiger partial charge on any atom is 0.264 e. The van der Waals surface area contributed by atoms with Crippen molar-refractivity contribution < 1.29 is 14.6 Å². The lowest BCUT2D eigenvalue weighted by Gasteiger charge is -2.07. The van der Waals surface area contributed by atoms with E-state index < -0.39 is 0 Å². The lowest BCUT2D eigenvalue weighted by Crippen LogP contribution is -2.19. The van der Waals surface area contributed by atoms with Crippen molar-refractivity contribution in [2.75, 3.05) is 7.11 Å². The maximum atomic E-state index is 12.2. The van der Waals surface area contributed by atoms with Crippen LogP contribution in [0.1, 0.15) is 5.56 Å². The highest BCUT2D eigenvalue weighted by molar-refractivity contribution is 8.18. The van der Waals surface area contributed by atoms with Crippen LogP contribution in [-0.4, -0.2) is 23.3 Å². The van der Waals surface area contributed by atoms with Crippen LogP contribution in [0.25, 0.3) is 6.08 Å². The first-order chi connectivity index (χ1) is 12.4. The normalized spacial score (nSPS) is 17.0. The molecule has 0 radical (unpaired) electrons. The van der Waals surface area contributed by atoms with Crippen LogP contribution in [0.3, 0.4) is 0 Å². The standard InChI is InChI=1S/C17H11Cl3N2O3S/c1-25-12-7-9(18)5-8(15(12)23)6-13-16(24)22-17(26-13)21-11-4-2-3-10(19)14(11)20/h2-7,23H,1H3,(H,21,22,24)/b13-6+. The van der Waals surface area contributed by atoms with Gasteiger partial charge in [-0.05, 0) is 36.0 Å². The number of nitrogens with one attached hydrogen (secondary N) is 1. The number of phenols is 1. The first-order valence-corrected chi connectivity index (χ1v) is 9.14. The number of ether oxygens (including phenoxy) is 1. The molecular weight excluding hydrogens is 419 g/mol. The number of halogens is 3. The molecule has 0 aliphatic carbocycles. The van der Waals surface area contributed by atoms with Crippen molar-refractivity contribution in [2.45, 2.75) is 0 Å². The number of hydrogen-bond donors (Lipinski definition) is 2. The van der Waals surface area contributed by atoms with Gasteiger partial charge in [0.15, 0.2) is 16.7 Å². The van der Waals surface area contributed by atoms with E-state index in [0.717, 1.165) is 11.8 Å². The topological polar surface area (TPSA) is 70.9 Å². The van der Waals surface area contributed by atoms with Crippen LogP contribution in [-0.2, 0) is 4.79 Å². The van der Waals surface area contributed by atoms with Crippen LogP contribution in [0.15, 0.2) is 40.2 Å². The smallest absolute Gasteiger partial charge is 0.264 e. The van der Waals surface area contributed by atoms with Crippen LogP contribution in [0.4, 0.5) is 5.69 Å². The van der Waals surface area contributed by atoms with E-state index in [0.29, 0.717) is 36.4 Å². The molecule has 0 atom stereocenters. The minimum Gasteiger partial charge on any atom is -0.504 e. The van der Waals surface area contributed by atoms with Gasteiger partial charge in [0.2, 0.25) is 0 Å². The van der Waals surface area contributed by atoms with E-state index in [1.54, 1.807) is 18.2 Å².